The minimum Gasteiger partial charge on any atom is -0.481 e. The van der Waals surface area contributed by atoms with E-state index in [-0.39, 0.29) is 24.2 Å². The van der Waals surface area contributed by atoms with Crippen molar-refractivity contribution < 1.29 is 22.7 Å². The van der Waals surface area contributed by atoms with Gasteiger partial charge in [-0.15, -0.1) is 0 Å². The normalized spacial score (nSPS) is 16.4. The van der Waals surface area contributed by atoms with Gasteiger partial charge in [0.25, 0.3) is 5.91 Å². The standard InChI is InChI=1S/C23H21ClF2N2O3/c24-17-5-1-3-15(9-17)10-19-12-27-23(31-19)16-4-2-8-28(13-16)22(29)14-30-21-7-6-18(25)11-20(21)26/h1,3,5-7,9,11-12,16H,2,4,8,10,13-14H2/t16-/m0/s1. The lowest BCUT2D eigenvalue weighted by Gasteiger charge is -2.31. The molecule has 0 aliphatic carbocycles. The Labute approximate surface area is 183 Å². The zero-order valence-electron chi connectivity index (χ0n) is 16.7. The van der Waals surface area contributed by atoms with E-state index in [2.05, 4.69) is 4.98 Å². The van der Waals surface area contributed by atoms with Crippen LogP contribution in [0.15, 0.2) is 53.1 Å². The number of carbonyl (C=O) groups is 1. The van der Waals surface area contributed by atoms with Crippen LogP contribution in [0.2, 0.25) is 5.02 Å². The second-order valence-electron chi connectivity index (χ2n) is 7.51. The Morgan fingerprint density at radius 3 is 2.94 bits per heavy atom. The van der Waals surface area contributed by atoms with Crippen molar-refractivity contribution >= 4 is 17.5 Å². The predicted octanol–water partition coefficient (Wildman–Crippen LogP) is 4.98. The molecule has 1 fully saturated rings. The number of amides is 1. The first kappa shape index (κ1) is 21.3. The van der Waals surface area contributed by atoms with Gasteiger partial charge in [0.05, 0.1) is 12.1 Å². The summed E-state index contributed by atoms with van der Waals surface area (Å²) in [5, 5.41) is 0.668. The Bertz CT molecular complexity index is 1070. The fourth-order valence-electron chi connectivity index (χ4n) is 3.67. The van der Waals surface area contributed by atoms with E-state index < -0.39 is 11.6 Å². The average Bonchev–Trinajstić information content (AvgIpc) is 3.21. The number of rotatable bonds is 6. The summed E-state index contributed by atoms with van der Waals surface area (Å²) in [4.78, 5) is 18.6. The maximum Gasteiger partial charge on any atom is 0.260 e. The van der Waals surface area contributed by atoms with Crippen molar-refractivity contribution in [3.05, 3.63) is 82.5 Å². The van der Waals surface area contributed by atoms with Crippen LogP contribution in [0.3, 0.4) is 0 Å². The molecule has 0 radical (unpaired) electrons. The number of aromatic nitrogens is 1. The van der Waals surface area contributed by atoms with Crippen LogP contribution >= 0.6 is 11.6 Å². The van der Waals surface area contributed by atoms with Gasteiger partial charge in [-0.05, 0) is 42.7 Å². The highest BCUT2D eigenvalue weighted by atomic mass is 35.5. The first-order valence-corrected chi connectivity index (χ1v) is 10.4. The second-order valence-corrected chi connectivity index (χ2v) is 7.95. The van der Waals surface area contributed by atoms with Gasteiger partial charge in [-0.3, -0.25) is 4.79 Å². The molecule has 4 rings (SSSR count). The predicted molar refractivity (Wildman–Crippen MR) is 111 cm³/mol. The number of nitrogens with zero attached hydrogens (tertiary/aromatic N) is 2. The zero-order valence-corrected chi connectivity index (χ0v) is 17.4. The largest absolute Gasteiger partial charge is 0.481 e. The summed E-state index contributed by atoms with van der Waals surface area (Å²) in [6, 6.07) is 10.5. The molecule has 1 aromatic heterocycles. The molecule has 8 heteroatoms. The van der Waals surface area contributed by atoms with Crippen LogP contribution in [0.5, 0.6) is 5.75 Å². The third-order valence-corrected chi connectivity index (χ3v) is 5.44. The zero-order chi connectivity index (χ0) is 21.8. The van der Waals surface area contributed by atoms with E-state index in [1.165, 1.54) is 6.07 Å². The van der Waals surface area contributed by atoms with Crippen LogP contribution in [0.4, 0.5) is 8.78 Å². The minimum atomic E-state index is -0.837. The van der Waals surface area contributed by atoms with Crippen molar-refractivity contribution in [1.29, 1.82) is 0 Å². The fraction of sp³-hybridized carbons (Fsp3) is 0.304. The van der Waals surface area contributed by atoms with E-state index >= 15 is 0 Å². The topological polar surface area (TPSA) is 55.6 Å². The van der Waals surface area contributed by atoms with Gasteiger partial charge in [0.1, 0.15) is 11.6 Å². The molecular formula is C23H21ClF2N2O3. The molecule has 0 spiro atoms. The number of piperidine rings is 1. The molecule has 3 aromatic rings. The van der Waals surface area contributed by atoms with Crippen LogP contribution in [-0.4, -0.2) is 35.5 Å². The molecule has 0 bridgehead atoms. The Balaban J connectivity index is 1.35. The molecule has 1 aliphatic rings. The lowest BCUT2D eigenvalue weighted by Crippen LogP contribution is -2.41. The van der Waals surface area contributed by atoms with Crippen LogP contribution in [0, 0.1) is 11.6 Å². The molecule has 1 aliphatic heterocycles. The van der Waals surface area contributed by atoms with Gasteiger partial charge in [-0.1, -0.05) is 23.7 Å². The van der Waals surface area contributed by atoms with Gasteiger partial charge in [0.2, 0.25) is 0 Å². The van der Waals surface area contributed by atoms with Crippen LogP contribution in [-0.2, 0) is 11.2 Å². The van der Waals surface area contributed by atoms with Gasteiger partial charge in [-0.2, -0.15) is 0 Å². The van der Waals surface area contributed by atoms with Crippen molar-refractivity contribution in [1.82, 2.24) is 9.88 Å². The number of hydrogen-bond donors (Lipinski definition) is 0. The summed E-state index contributed by atoms with van der Waals surface area (Å²) in [6.07, 6.45) is 3.94. The Morgan fingerprint density at radius 2 is 2.13 bits per heavy atom. The molecule has 2 heterocycles. The lowest BCUT2D eigenvalue weighted by atomic mass is 9.98. The number of carbonyl (C=O) groups excluding carboxylic acids is 1. The average molecular weight is 447 g/mol. The third kappa shape index (κ3) is 5.41. The maximum absolute atomic E-state index is 13.7. The summed E-state index contributed by atoms with van der Waals surface area (Å²) in [5.41, 5.74) is 1.03. The van der Waals surface area contributed by atoms with E-state index in [1.54, 1.807) is 11.1 Å². The van der Waals surface area contributed by atoms with Crippen LogP contribution in [0.25, 0.3) is 0 Å². The summed E-state index contributed by atoms with van der Waals surface area (Å²) in [7, 11) is 0. The van der Waals surface area contributed by atoms with Gasteiger partial charge in [-0.25, -0.2) is 13.8 Å². The van der Waals surface area contributed by atoms with Gasteiger partial charge in [0.15, 0.2) is 24.1 Å². The van der Waals surface area contributed by atoms with E-state index in [0.29, 0.717) is 30.4 Å². The molecule has 1 amide bonds. The summed E-state index contributed by atoms with van der Waals surface area (Å²) in [6.45, 7) is 0.715. The molecular weight excluding hydrogens is 426 g/mol. The quantitative estimate of drug-likeness (QED) is 0.535. The highest BCUT2D eigenvalue weighted by molar-refractivity contribution is 6.30. The molecule has 5 nitrogen and oxygen atoms in total. The SMILES string of the molecule is O=C(COc1ccc(F)cc1F)N1CCC[C@H](c2ncc(Cc3cccc(Cl)c3)o2)C1. The van der Waals surface area contributed by atoms with Crippen LogP contribution < -0.4 is 4.74 Å². The van der Waals surface area contributed by atoms with Gasteiger partial charge >= 0.3 is 0 Å². The summed E-state index contributed by atoms with van der Waals surface area (Å²) < 4.78 is 37.9. The number of oxazole rings is 1. The highest BCUT2D eigenvalue weighted by Gasteiger charge is 2.28. The number of hydrogen-bond acceptors (Lipinski definition) is 4. The molecule has 2 aromatic carbocycles. The van der Waals surface area contributed by atoms with E-state index in [4.69, 9.17) is 20.8 Å². The molecule has 0 N–H and O–H groups in total. The number of ether oxygens (including phenoxy) is 1. The molecule has 1 atom stereocenters. The summed E-state index contributed by atoms with van der Waals surface area (Å²) in [5.74, 6) is -0.642. The van der Waals surface area contributed by atoms with Crippen molar-refractivity contribution in [2.75, 3.05) is 19.7 Å². The number of halogens is 3. The Kier molecular flexibility index (Phi) is 6.51. The van der Waals surface area contributed by atoms with Crippen molar-refractivity contribution in [2.45, 2.75) is 25.2 Å². The smallest absolute Gasteiger partial charge is 0.260 e. The van der Waals surface area contributed by atoms with Crippen molar-refractivity contribution in [3.63, 3.8) is 0 Å². The first-order valence-electron chi connectivity index (χ1n) is 10.0. The highest BCUT2D eigenvalue weighted by Crippen LogP contribution is 2.28. The molecule has 0 unspecified atom stereocenters. The molecule has 162 valence electrons. The monoisotopic (exact) mass is 446 g/mol. The van der Waals surface area contributed by atoms with Crippen LogP contribution in [0.1, 0.15) is 36.0 Å². The van der Waals surface area contributed by atoms with Crippen molar-refractivity contribution in [3.8, 4) is 5.75 Å². The third-order valence-electron chi connectivity index (χ3n) is 5.21. The van der Waals surface area contributed by atoms with E-state index in [0.717, 1.165) is 36.3 Å². The maximum atomic E-state index is 13.7. The van der Waals surface area contributed by atoms with Gasteiger partial charge < -0.3 is 14.1 Å². The molecule has 1 saturated heterocycles. The second kappa shape index (κ2) is 9.47. The van der Waals surface area contributed by atoms with Crippen molar-refractivity contribution in [2.24, 2.45) is 0 Å². The molecule has 0 saturated carbocycles. The summed E-state index contributed by atoms with van der Waals surface area (Å²) >= 11 is 6.03. The van der Waals surface area contributed by atoms with E-state index in [9.17, 15) is 13.6 Å². The fourth-order valence-corrected chi connectivity index (χ4v) is 3.88. The Hall–Kier alpha value is -2.93. The molecule has 31 heavy (non-hydrogen) atoms. The number of benzene rings is 2. The Morgan fingerprint density at radius 1 is 1.26 bits per heavy atom. The minimum absolute atomic E-state index is 0.0200. The first-order chi connectivity index (χ1) is 15.0. The number of likely N-dealkylation sites (tertiary alicyclic amines) is 1. The lowest BCUT2D eigenvalue weighted by molar-refractivity contribution is -0.134. The van der Waals surface area contributed by atoms with E-state index in [1.807, 2.05) is 24.3 Å². The van der Waals surface area contributed by atoms with Gasteiger partial charge in [0, 0.05) is 30.6 Å².